The molecule has 1 N–H and O–H groups in total. The van der Waals surface area contributed by atoms with Crippen LogP contribution in [0.5, 0.6) is 0 Å². The third-order valence-electron chi connectivity index (χ3n) is 3.83. The first-order valence-corrected chi connectivity index (χ1v) is 9.46. The van der Waals surface area contributed by atoms with Gasteiger partial charge in [0.1, 0.15) is 0 Å². The fourth-order valence-corrected chi connectivity index (χ4v) is 3.37. The van der Waals surface area contributed by atoms with Crippen LogP contribution in [-0.2, 0) is 23.1 Å². The summed E-state index contributed by atoms with van der Waals surface area (Å²) in [6.07, 6.45) is 4.17. The molecule has 0 radical (unpaired) electrons. The molecule has 2 rings (SSSR count). The smallest absolute Gasteiger partial charge is 0.329 e. The number of nitrogens with zero attached hydrogens (tertiary/aromatic N) is 3. The van der Waals surface area contributed by atoms with Gasteiger partial charge in [-0.3, -0.25) is 19.1 Å². The van der Waals surface area contributed by atoms with Crippen LogP contribution in [0.3, 0.4) is 0 Å². The maximum atomic E-state index is 12.3. The highest BCUT2D eigenvalue weighted by molar-refractivity contribution is 7.99. The number of aromatic amines is 1. The molecular weight excluding hydrogens is 344 g/mol. The molecule has 2 heterocycles. The number of esters is 1. The zero-order valence-corrected chi connectivity index (χ0v) is 15.6. The van der Waals surface area contributed by atoms with Gasteiger partial charge in [0.2, 0.25) is 0 Å². The van der Waals surface area contributed by atoms with Crippen LogP contribution in [0.25, 0.3) is 11.2 Å². The number of ether oxygens (including phenoxy) is 1. The molecular formula is C16H24N4O4S. The summed E-state index contributed by atoms with van der Waals surface area (Å²) in [5.74, 6) is -0.224. The number of hydrogen-bond acceptors (Lipinski definition) is 6. The lowest BCUT2D eigenvalue weighted by Crippen LogP contribution is -2.29. The Morgan fingerprint density at radius 2 is 2.00 bits per heavy atom. The molecule has 0 amide bonds. The molecule has 0 aromatic carbocycles. The molecule has 0 bridgehead atoms. The molecule has 0 aliphatic rings. The Kier molecular flexibility index (Phi) is 6.86. The molecule has 138 valence electrons. The van der Waals surface area contributed by atoms with Crippen LogP contribution in [0.1, 0.15) is 39.5 Å². The summed E-state index contributed by atoms with van der Waals surface area (Å²) >= 11 is 1.22. The number of nitrogens with one attached hydrogen (secondary N) is 1. The molecule has 0 saturated carbocycles. The summed E-state index contributed by atoms with van der Waals surface area (Å²) in [7, 11) is 1.56. The second-order valence-electron chi connectivity index (χ2n) is 5.69. The highest BCUT2D eigenvalue weighted by atomic mass is 32.2. The lowest BCUT2D eigenvalue weighted by Gasteiger charge is -2.08. The highest BCUT2D eigenvalue weighted by Gasteiger charge is 2.18. The third-order valence-corrected chi connectivity index (χ3v) is 4.78. The van der Waals surface area contributed by atoms with Crippen LogP contribution in [0.15, 0.2) is 14.7 Å². The van der Waals surface area contributed by atoms with E-state index in [2.05, 4.69) is 16.9 Å². The molecule has 8 nitrogen and oxygen atoms in total. The zero-order valence-electron chi connectivity index (χ0n) is 14.8. The standard InChI is InChI=1S/C16H24N4O4S/c1-4-6-7-8-9-20-12-13(19(3)15(23)18-14(12)22)17-16(20)25-10-11(21)24-5-2/h4-10H2,1-3H3,(H,18,22,23). The lowest BCUT2D eigenvalue weighted by atomic mass is 10.2. The van der Waals surface area contributed by atoms with Gasteiger partial charge in [0.15, 0.2) is 16.3 Å². The summed E-state index contributed by atoms with van der Waals surface area (Å²) in [6.45, 7) is 4.82. The topological polar surface area (TPSA) is 99.0 Å². The number of carbonyl (C=O) groups is 1. The number of hydrogen-bond donors (Lipinski definition) is 1. The van der Waals surface area contributed by atoms with Gasteiger partial charge >= 0.3 is 11.7 Å². The molecule has 0 aliphatic carbocycles. The normalized spacial score (nSPS) is 11.2. The Labute approximate surface area is 149 Å². The van der Waals surface area contributed by atoms with E-state index in [1.165, 1.54) is 16.3 Å². The molecule has 2 aromatic rings. The Morgan fingerprint density at radius 1 is 1.24 bits per heavy atom. The minimum atomic E-state index is -0.505. The Hall–Kier alpha value is -2.03. The van der Waals surface area contributed by atoms with Crippen molar-refractivity contribution in [3.63, 3.8) is 0 Å². The molecule has 25 heavy (non-hydrogen) atoms. The van der Waals surface area contributed by atoms with Crippen LogP contribution in [-0.4, -0.2) is 37.4 Å². The Balaban J connectivity index is 2.38. The first kappa shape index (κ1) is 19.3. The van der Waals surface area contributed by atoms with Crippen molar-refractivity contribution in [2.24, 2.45) is 7.05 Å². The van der Waals surface area contributed by atoms with E-state index in [0.29, 0.717) is 29.5 Å². The minimum Gasteiger partial charge on any atom is -0.465 e. The average molecular weight is 368 g/mol. The van der Waals surface area contributed by atoms with Crippen molar-refractivity contribution >= 4 is 28.9 Å². The van der Waals surface area contributed by atoms with Gasteiger partial charge < -0.3 is 9.30 Å². The average Bonchev–Trinajstić information content (AvgIpc) is 2.94. The van der Waals surface area contributed by atoms with E-state index in [0.717, 1.165) is 25.7 Å². The van der Waals surface area contributed by atoms with Gasteiger partial charge in [-0.2, -0.15) is 0 Å². The monoisotopic (exact) mass is 368 g/mol. The zero-order chi connectivity index (χ0) is 18.4. The van der Waals surface area contributed by atoms with E-state index in [4.69, 9.17) is 4.74 Å². The van der Waals surface area contributed by atoms with Gasteiger partial charge in [0.05, 0.1) is 12.4 Å². The molecule has 0 aliphatic heterocycles. The molecule has 2 aromatic heterocycles. The quantitative estimate of drug-likeness (QED) is 0.410. The molecule has 0 atom stereocenters. The summed E-state index contributed by atoms with van der Waals surface area (Å²) in [5.41, 5.74) is -0.264. The largest absolute Gasteiger partial charge is 0.465 e. The third kappa shape index (κ3) is 4.53. The fraction of sp³-hybridized carbons (Fsp3) is 0.625. The molecule has 9 heteroatoms. The van der Waals surface area contributed by atoms with E-state index in [1.54, 1.807) is 18.5 Å². The van der Waals surface area contributed by atoms with Crippen molar-refractivity contribution in [2.75, 3.05) is 12.4 Å². The maximum absolute atomic E-state index is 12.3. The van der Waals surface area contributed by atoms with E-state index in [1.807, 2.05) is 0 Å². The van der Waals surface area contributed by atoms with E-state index in [9.17, 15) is 14.4 Å². The van der Waals surface area contributed by atoms with Gasteiger partial charge in [0, 0.05) is 13.6 Å². The molecule has 0 saturated heterocycles. The molecule has 0 unspecified atom stereocenters. The van der Waals surface area contributed by atoms with Crippen LogP contribution in [0.4, 0.5) is 0 Å². The number of thioether (sulfide) groups is 1. The van der Waals surface area contributed by atoms with Gasteiger partial charge in [-0.15, -0.1) is 0 Å². The van der Waals surface area contributed by atoms with Crippen molar-refractivity contribution in [1.29, 1.82) is 0 Å². The van der Waals surface area contributed by atoms with Gasteiger partial charge in [-0.1, -0.05) is 37.9 Å². The van der Waals surface area contributed by atoms with Gasteiger partial charge in [-0.25, -0.2) is 9.78 Å². The Bertz CT molecular complexity index is 852. The van der Waals surface area contributed by atoms with Crippen LogP contribution < -0.4 is 11.2 Å². The van der Waals surface area contributed by atoms with Gasteiger partial charge in [0.25, 0.3) is 5.56 Å². The lowest BCUT2D eigenvalue weighted by molar-refractivity contribution is -0.139. The van der Waals surface area contributed by atoms with E-state index in [-0.39, 0.29) is 11.7 Å². The first-order valence-electron chi connectivity index (χ1n) is 8.47. The Morgan fingerprint density at radius 3 is 2.68 bits per heavy atom. The predicted octanol–water partition coefficient (Wildman–Crippen LogP) is 1.66. The first-order chi connectivity index (χ1) is 12.0. The van der Waals surface area contributed by atoms with Crippen molar-refractivity contribution < 1.29 is 9.53 Å². The van der Waals surface area contributed by atoms with Crippen LogP contribution >= 0.6 is 11.8 Å². The van der Waals surface area contributed by atoms with Crippen molar-refractivity contribution in [2.45, 2.75) is 51.2 Å². The minimum absolute atomic E-state index is 0.109. The number of imidazole rings is 1. The number of rotatable bonds is 9. The second-order valence-corrected chi connectivity index (χ2v) is 6.63. The summed E-state index contributed by atoms with van der Waals surface area (Å²) < 4.78 is 8.05. The van der Waals surface area contributed by atoms with Crippen molar-refractivity contribution in [3.8, 4) is 0 Å². The summed E-state index contributed by atoms with van der Waals surface area (Å²) in [6, 6.07) is 0. The number of aromatic nitrogens is 4. The number of carbonyl (C=O) groups excluding carboxylic acids is 1. The van der Waals surface area contributed by atoms with Gasteiger partial charge in [-0.05, 0) is 13.3 Å². The van der Waals surface area contributed by atoms with E-state index < -0.39 is 11.2 Å². The van der Waals surface area contributed by atoms with Crippen molar-refractivity contribution in [1.82, 2.24) is 19.1 Å². The number of aryl methyl sites for hydroxylation is 2. The second kappa shape index (κ2) is 8.89. The van der Waals surface area contributed by atoms with E-state index >= 15 is 0 Å². The SMILES string of the molecule is CCCCCCn1c(SCC(=O)OCC)nc2c1c(=O)[nH]c(=O)n2C. The summed E-state index contributed by atoms with van der Waals surface area (Å²) in [4.78, 5) is 42.5. The number of H-pyrrole nitrogens is 1. The molecule has 0 spiro atoms. The molecule has 0 fully saturated rings. The maximum Gasteiger partial charge on any atom is 0.329 e. The van der Waals surface area contributed by atoms with Crippen LogP contribution in [0.2, 0.25) is 0 Å². The number of fused-ring (bicyclic) bond motifs is 1. The number of unbranched alkanes of at least 4 members (excludes halogenated alkanes) is 3. The van der Waals surface area contributed by atoms with Crippen molar-refractivity contribution in [3.05, 3.63) is 20.8 Å². The highest BCUT2D eigenvalue weighted by Crippen LogP contribution is 2.22. The fourth-order valence-electron chi connectivity index (χ4n) is 2.56. The predicted molar refractivity (Wildman–Crippen MR) is 97.1 cm³/mol. The summed E-state index contributed by atoms with van der Waals surface area (Å²) in [5, 5.41) is 0.547. The van der Waals surface area contributed by atoms with Crippen LogP contribution in [0, 0.1) is 0 Å².